The van der Waals surface area contributed by atoms with Gasteiger partial charge in [-0.3, -0.25) is 4.68 Å². The van der Waals surface area contributed by atoms with Crippen molar-refractivity contribution < 1.29 is 14.3 Å². The third-order valence-electron chi connectivity index (χ3n) is 8.18. The molecule has 0 saturated carbocycles. The summed E-state index contributed by atoms with van der Waals surface area (Å²) in [5, 5.41) is 23.1. The highest BCUT2D eigenvalue weighted by atomic mass is 35.5. The van der Waals surface area contributed by atoms with E-state index in [-0.39, 0.29) is 24.0 Å². The highest BCUT2D eigenvalue weighted by Gasteiger charge is 2.25. The van der Waals surface area contributed by atoms with Gasteiger partial charge in [0.2, 0.25) is 11.8 Å². The number of carbonyl (C=O) groups excluding carboxylic acids is 1. The Morgan fingerprint density at radius 2 is 1.76 bits per heavy atom. The van der Waals surface area contributed by atoms with Gasteiger partial charge in [-0.1, -0.05) is 11.6 Å². The third kappa shape index (κ3) is 7.43. The molecule has 0 unspecified atom stereocenters. The van der Waals surface area contributed by atoms with E-state index in [1.165, 1.54) is 6.20 Å². The summed E-state index contributed by atoms with van der Waals surface area (Å²) in [6.07, 6.45) is 6.80. The standard InChI is InChI=1S/C31H37ClN10O3/c1-19-20(2)28(39-38-27(19)26-10-13-41(3)40-26)42-14-8-22(9-15-42)36-31(43)35-21-4-6-24(7-5-21)45-29-25(32)18-33-30(37-29)34-23-11-16-44-17-12-23/h4-7,10,13,18,22-23H,8-9,11-12,14-17H2,1-3H3,(H,33,34,37)(H2,35,36,43). The number of nitrogens with zero attached hydrogens (tertiary/aromatic N) is 7. The Morgan fingerprint density at radius 1 is 1.00 bits per heavy atom. The summed E-state index contributed by atoms with van der Waals surface area (Å²) in [6, 6.07) is 9.03. The van der Waals surface area contributed by atoms with Gasteiger partial charge >= 0.3 is 6.03 Å². The number of rotatable bonds is 8. The average Bonchev–Trinajstić information content (AvgIpc) is 3.48. The van der Waals surface area contributed by atoms with Crippen molar-refractivity contribution in [3.8, 4) is 23.0 Å². The Balaban J connectivity index is 0.985. The predicted octanol–water partition coefficient (Wildman–Crippen LogP) is 5.11. The fraction of sp³-hybridized carbons (Fsp3) is 0.419. The van der Waals surface area contributed by atoms with Crippen LogP contribution in [0.2, 0.25) is 5.02 Å². The van der Waals surface area contributed by atoms with Gasteiger partial charge in [0.15, 0.2) is 5.82 Å². The number of ether oxygens (including phenoxy) is 2. The van der Waals surface area contributed by atoms with Crippen LogP contribution >= 0.6 is 11.6 Å². The molecule has 0 spiro atoms. The lowest BCUT2D eigenvalue weighted by atomic mass is 10.0. The molecule has 2 aliphatic rings. The van der Waals surface area contributed by atoms with E-state index in [4.69, 9.17) is 21.1 Å². The normalized spacial score (nSPS) is 16.0. The fourth-order valence-electron chi connectivity index (χ4n) is 5.50. The quantitative estimate of drug-likeness (QED) is 0.240. The average molecular weight is 633 g/mol. The first kappa shape index (κ1) is 30.5. The van der Waals surface area contributed by atoms with E-state index in [1.807, 2.05) is 19.3 Å². The number of piperidine rings is 1. The van der Waals surface area contributed by atoms with Gasteiger partial charge in [-0.15, -0.1) is 10.2 Å². The zero-order chi connectivity index (χ0) is 31.3. The molecule has 6 rings (SSSR count). The fourth-order valence-corrected chi connectivity index (χ4v) is 5.63. The first-order chi connectivity index (χ1) is 21.8. The number of urea groups is 1. The van der Waals surface area contributed by atoms with Crippen LogP contribution < -0.4 is 25.6 Å². The van der Waals surface area contributed by atoms with Crippen LogP contribution in [0.15, 0.2) is 42.7 Å². The van der Waals surface area contributed by atoms with Crippen molar-refractivity contribution in [1.29, 1.82) is 0 Å². The van der Waals surface area contributed by atoms with Crippen molar-refractivity contribution in [3.05, 3.63) is 58.9 Å². The second-order valence-corrected chi connectivity index (χ2v) is 11.8. The topological polar surface area (TPSA) is 144 Å². The number of hydrogen-bond acceptors (Lipinski definition) is 10. The van der Waals surface area contributed by atoms with Gasteiger partial charge in [-0.05, 0) is 81.0 Å². The maximum absolute atomic E-state index is 12.8. The first-order valence-electron chi connectivity index (χ1n) is 15.1. The van der Waals surface area contributed by atoms with Gasteiger partial charge < -0.3 is 30.3 Å². The van der Waals surface area contributed by atoms with Gasteiger partial charge in [0, 0.05) is 57.3 Å². The van der Waals surface area contributed by atoms with E-state index >= 15 is 0 Å². The summed E-state index contributed by atoms with van der Waals surface area (Å²) in [5.41, 5.74) is 4.42. The number of anilines is 3. The second kappa shape index (κ2) is 13.7. The van der Waals surface area contributed by atoms with Crippen LogP contribution in [0.3, 0.4) is 0 Å². The Kier molecular flexibility index (Phi) is 9.26. The van der Waals surface area contributed by atoms with Crippen molar-refractivity contribution in [3.63, 3.8) is 0 Å². The lowest BCUT2D eigenvalue weighted by molar-refractivity contribution is 0.0903. The SMILES string of the molecule is Cc1c(-c2ccn(C)n2)nnc(N2CCC(NC(=O)Nc3ccc(Oc4nc(NC5CCOCC5)ncc4Cl)cc3)CC2)c1C. The molecule has 3 N–H and O–H groups in total. The van der Waals surface area contributed by atoms with E-state index in [0.29, 0.717) is 35.6 Å². The number of aryl methyl sites for hydroxylation is 1. The van der Waals surface area contributed by atoms with Crippen LogP contribution in [-0.4, -0.2) is 74.4 Å². The lowest BCUT2D eigenvalue weighted by Crippen LogP contribution is -2.46. The molecule has 45 heavy (non-hydrogen) atoms. The molecule has 14 heteroatoms. The molecule has 2 amide bonds. The molecule has 236 valence electrons. The first-order valence-corrected chi connectivity index (χ1v) is 15.5. The van der Waals surface area contributed by atoms with E-state index in [9.17, 15) is 4.79 Å². The molecule has 0 bridgehead atoms. The molecular formula is C31H37ClN10O3. The van der Waals surface area contributed by atoms with Crippen molar-refractivity contribution in [2.24, 2.45) is 7.05 Å². The summed E-state index contributed by atoms with van der Waals surface area (Å²) in [5.74, 6) is 2.13. The van der Waals surface area contributed by atoms with Gasteiger partial charge in [0.1, 0.15) is 22.2 Å². The molecule has 0 aliphatic carbocycles. The number of hydrogen-bond donors (Lipinski definition) is 3. The molecule has 2 aliphatic heterocycles. The molecule has 5 heterocycles. The maximum atomic E-state index is 12.8. The monoisotopic (exact) mass is 632 g/mol. The van der Waals surface area contributed by atoms with Gasteiger partial charge in [-0.25, -0.2) is 9.78 Å². The van der Waals surface area contributed by atoms with Crippen molar-refractivity contribution in [2.75, 3.05) is 41.8 Å². The van der Waals surface area contributed by atoms with E-state index < -0.39 is 0 Å². The van der Waals surface area contributed by atoms with E-state index in [0.717, 1.165) is 67.1 Å². The molecule has 2 fully saturated rings. The molecule has 0 atom stereocenters. The minimum absolute atomic E-state index is 0.0508. The van der Waals surface area contributed by atoms with Gasteiger partial charge in [0.25, 0.3) is 0 Å². The van der Waals surface area contributed by atoms with Crippen LogP contribution in [0.1, 0.15) is 36.8 Å². The van der Waals surface area contributed by atoms with Crippen LogP contribution in [-0.2, 0) is 11.8 Å². The zero-order valence-electron chi connectivity index (χ0n) is 25.6. The minimum atomic E-state index is -0.253. The van der Waals surface area contributed by atoms with Crippen molar-refractivity contribution >= 4 is 35.1 Å². The molecule has 2 saturated heterocycles. The summed E-state index contributed by atoms with van der Waals surface area (Å²) in [7, 11) is 1.89. The number of nitrogens with one attached hydrogen (secondary N) is 3. The Bertz CT molecular complexity index is 1630. The smallest absolute Gasteiger partial charge is 0.319 e. The van der Waals surface area contributed by atoms with Crippen LogP contribution in [0.4, 0.5) is 22.2 Å². The molecule has 13 nitrogen and oxygen atoms in total. The van der Waals surface area contributed by atoms with Crippen LogP contribution in [0.5, 0.6) is 11.6 Å². The highest BCUT2D eigenvalue weighted by Crippen LogP contribution is 2.30. The number of aromatic nitrogens is 6. The van der Waals surface area contributed by atoms with Crippen LogP contribution in [0, 0.1) is 13.8 Å². The van der Waals surface area contributed by atoms with Crippen molar-refractivity contribution in [1.82, 2.24) is 35.3 Å². The Labute approximate surface area is 266 Å². The second-order valence-electron chi connectivity index (χ2n) is 11.4. The lowest BCUT2D eigenvalue weighted by Gasteiger charge is -2.34. The number of halogens is 1. The molecule has 1 aromatic carbocycles. The number of carbonyl (C=O) groups is 1. The van der Waals surface area contributed by atoms with Crippen molar-refractivity contribution in [2.45, 2.75) is 51.6 Å². The van der Waals surface area contributed by atoms with E-state index in [2.05, 4.69) is 60.0 Å². The third-order valence-corrected chi connectivity index (χ3v) is 8.44. The number of amides is 2. The van der Waals surface area contributed by atoms with Gasteiger partial charge in [-0.2, -0.15) is 10.1 Å². The molecule has 0 radical (unpaired) electrons. The minimum Gasteiger partial charge on any atom is -0.437 e. The summed E-state index contributed by atoms with van der Waals surface area (Å²) < 4.78 is 13.1. The largest absolute Gasteiger partial charge is 0.437 e. The van der Waals surface area contributed by atoms with E-state index in [1.54, 1.807) is 28.9 Å². The summed E-state index contributed by atoms with van der Waals surface area (Å²) in [4.78, 5) is 23.7. The predicted molar refractivity (Wildman–Crippen MR) is 172 cm³/mol. The van der Waals surface area contributed by atoms with Crippen LogP contribution in [0.25, 0.3) is 11.4 Å². The zero-order valence-corrected chi connectivity index (χ0v) is 26.3. The van der Waals surface area contributed by atoms with Gasteiger partial charge in [0.05, 0.1) is 6.20 Å². The number of benzene rings is 1. The Morgan fingerprint density at radius 3 is 2.47 bits per heavy atom. The highest BCUT2D eigenvalue weighted by molar-refractivity contribution is 6.31. The molecular weight excluding hydrogens is 596 g/mol. The molecule has 3 aromatic heterocycles. The summed E-state index contributed by atoms with van der Waals surface area (Å²) >= 11 is 6.29. The Hall–Kier alpha value is -4.49. The summed E-state index contributed by atoms with van der Waals surface area (Å²) in [6.45, 7) is 7.10. The maximum Gasteiger partial charge on any atom is 0.319 e. The molecule has 4 aromatic rings.